The van der Waals surface area contributed by atoms with Crippen molar-refractivity contribution in [1.29, 1.82) is 0 Å². The molecule has 1 aromatic rings. The molecule has 6 heteroatoms. The highest BCUT2D eigenvalue weighted by atomic mass is 16.5. The third-order valence-corrected chi connectivity index (χ3v) is 3.79. The summed E-state index contributed by atoms with van der Waals surface area (Å²) in [6, 6.07) is 5.37. The molecule has 20 heavy (non-hydrogen) atoms. The van der Waals surface area contributed by atoms with Gasteiger partial charge in [0.05, 0.1) is 30.6 Å². The van der Waals surface area contributed by atoms with E-state index < -0.39 is 11.7 Å². The van der Waals surface area contributed by atoms with Crippen molar-refractivity contribution >= 4 is 23.1 Å². The lowest BCUT2D eigenvalue weighted by Crippen LogP contribution is -2.44. The van der Waals surface area contributed by atoms with E-state index in [1.165, 1.54) is 4.90 Å². The highest BCUT2D eigenvalue weighted by Crippen LogP contribution is 2.32. The van der Waals surface area contributed by atoms with E-state index in [0.717, 1.165) is 12.2 Å². The number of hydrogen-bond acceptors (Lipinski definition) is 5. The van der Waals surface area contributed by atoms with Gasteiger partial charge < -0.3 is 19.6 Å². The van der Waals surface area contributed by atoms with Gasteiger partial charge in [0.25, 0.3) is 11.7 Å². The van der Waals surface area contributed by atoms with Crippen LogP contribution in [0.5, 0.6) is 0 Å². The van der Waals surface area contributed by atoms with Crippen LogP contribution in [0.4, 0.5) is 11.4 Å². The molecule has 1 unspecified atom stereocenters. The van der Waals surface area contributed by atoms with Gasteiger partial charge in [0.2, 0.25) is 0 Å². The highest BCUT2D eigenvalue weighted by Gasteiger charge is 2.34. The number of morpholine rings is 1. The summed E-state index contributed by atoms with van der Waals surface area (Å²) in [5, 5.41) is 9.17. The quantitative estimate of drug-likeness (QED) is 0.773. The maximum atomic E-state index is 11.7. The van der Waals surface area contributed by atoms with E-state index in [-0.39, 0.29) is 12.7 Å². The first-order chi connectivity index (χ1) is 9.61. The number of likely N-dealkylation sites (N-methyl/N-ethyl adjacent to an activating group) is 1. The second-order valence-electron chi connectivity index (χ2n) is 5.02. The monoisotopic (exact) mass is 276 g/mol. The summed E-state index contributed by atoms with van der Waals surface area (Å²) in [6.07, 6.45) is -0.196. The molecule has 3 rings (SSSR count). The molecule has 2 aliphatic rings. The third kappa shape index (κ3) is 1.97. The lowest BCUT2D eigenvalue weighted by Gasteiger charge is -2.34. The van der Waals surface area contributed by atoms with Gasteiger partial charge in [-0.3, -0.25) is 9.59 Å². The number of ketones is 1. The third-order valence-electron chi connectivity index (χ3n) is 3.79. The zero-order valence-corrected chi connectivity index (χ0v) is 11.2. The van der Waals surface area contributed by atoms with E-state index in [1.807, 2.05) is 12.1 Å². The Labute approximate surface area is 116 Å². The number of benzene rings is 1. The van der Waals surface area contributed by atoms with E-state index in [0.29, 0.717) is 24.4 Å². The molecule has 1 atom stereocenters. The molecule has 1 amide bonds. The molecule has 1 fully saturated rings. The van der Waals surface area contributed by atoms with Crippen molar-refractivity contribution in [2.24, 2.45) is 0 Å². The van der Waals surface area contributed by atoms with Gasteiger partial charge in [0, 0.05) is 25.8 Å². The second kappa shape index (κ2) is 4.88. The predicted molar refractivity (Wildman–Crippen MR) is 73.2 cm³/mol. The fourth-order valence-electron chi connectivity index (χ4n) is 2.63. The van der Waals surface area contributed by atoms with Gasteiger partial charge in [0.1, 0.15) is 0 Å². The zero-order valence-electron chi connectivity index (χ0n) is 11.2. The van der Waals surface area contributed by atoms with Crippen molar-refractivity contribution in [2.75, 3.05) is 43.2 Å². The molecule has 1 N–H and O–H groups in total. The number of carbonyl (C=O) groups excluding carboxylic acids is 2. The van der Waals surface area contributed by atoms with Crippen LogP contribution in [0.2, 0.25) is 0 Å². The topological polar surface area (TPSA) is 70.1 Å². The van der Waals surface area contributed by atoms with Gasteiger partial charge in [0.15, 0.2) is 0 Å². The maximum absolute atomic E-state index is 11.7. The standard InChI is InChI=1S/C14H16N2O4/c1-15-12-6-9(2-3-11(12)13(18)14(15)19)16-4-5-20-10(7-16)8-17/h2-3,6,10,17H,4-5,7-8H2,1H3. The summed E-state index contributed by atoms with van der Waals surface area (Å²) < 4.78 is 5.42. The van der Waals surface area contributed by atoms with Crippen molar-refractivity contribution in [3.8, 4) is 0 Å². The Kier molecular flexibility index (Phi) is 3.19. The Morgan fingerprint density at radius 2 is 2.20 bits per heavy atom. The second-order valence-corrected chi connectivity index (χ2v) is 5.02. The molecule has 0 aromatic heterocycles. The van der Waals surface area contributed by atoms with Crippen molar-refractivity contribution in [1.82, 2.24) is 0 Å². The minimum Gasteiger partial charge on any atom is -0.394 e. The van der Waals surface area contributed by atoms with Crippen LogP contribution in [0.15, 0.2) is 18.2 Å². The van der Waals surface area contributed by atoms with Crippen LogP contribution >= 0.6 is 0 Å². The SMILES string of the molecule is CN1C(=O)C(=O)c2ccc(N3CCOC(CO)C3)cc21. The molecule has 0 aliphatic carbocycles. The minimum atomic E-state index is -0.493. The number of rotatable bonds is 2. The molecule has 6 nitrogen and oxygen atoms in total. The van der Waals surface area contributed by atoms with Crippen LogP contribution in [0.25, 0.3) is 0 Å². The Morgan fingerprint density at radius 1 is 1.40 bits per heavy atom. The molecular formula is C14H16N2O4. The number of amides is 1. The van der Waals surface area contributed by atoms with Gasteiger partial charge in [-0.05, 0) is 18.2 Å². The van der Waals surface area contributed by atoms with Crippen LogP contribution in [-0.4, -0.2) is 56.3 Å². The van der Waals surface area contributed by atoms with Crippen LogP contribution < -0.4 is 9.80 Å². The van der Waals surface area contributed by atoms with Crippen LogP contribution in [-0.2, 0) is 9.53 Å². The molecule has 1 aromatic carbocycles. The molecule has 0 radical (unpaired) electrons. The Balaban J connectivity index is 1.90. The molecule has 0 spiro atoms. The Bertz CT molecular complexity index is 572. The van der Waals surface area contributed by atoms with Gasteiger partial charge >= 0.3 is 0 Å². The van der Waals surface area contributed by atoms with Gasteiger partial charge in [-0.15, -0.1) is 0 Å². The normalized spacial score (nSPS) is 22.4. The first kappa shape index (κ1) is 13.1. The number of aliphatic hydroxyl groups is 1. The van der Waals surface area contributed by atoms with Gasteiger partial charge in [-0.25, -0.2) is 0 Å². The van der Waals surface area contributed by atoms with Crippen LogP contribution in [0, 0.1) is 0 Å². The first-order valence-electron chi connectivity index (χ1n) is 6.55. The summed E-state index contributed by atoms with van der Waals surface area (Å²) >= 11 is 0. The number of ether oxygens (including phenoxy) is 1. The fourth-order valence-corrected chi connectivity index (χ4v) is 2.63. The van der Waals surface area contributed by atoms with Crippen molar-refractivity contribution in [3.05, 3.63) is 23.8 Å². The highest BCUT2D eigenvalue weighted by molar-refractivity contribution is 6.52. The lowest BCUT2D eigenvalue weighted by molar-refractivity contribution is -0.114. The molecule has 0 bridgehead atoms. The number of nitrogens with zero attached hydrogens (tertiary/aromatic N) is 2. The maximum Gasteiger partial charge on any atom is 0.299 e. The average Bonchev–Trinajstić information content (AvgIpc) is 2.72. The predicted octanol–water partition coefficient (Wildman–Crippen LogP) is 0.0432. The van der Waals surface area contributed by atoms with Crippen LogP contribution in [0.3, 0.4) is 0 Å². The van der Waals surface area contributed by atoms with E-state index in [1.54, 1.807) is 13.1 Å². The summed E-state index contributed by atoms with van der Waals surface area (Å²) in [7, 11) is 1.60. The van der Waals surface area contributed by atoms with Crippen molar-refractivity contribution in [3.63, 3.8) is 0 Å². The molecule has 2 heterocycles. The molecule has 106 valence electrons. The fraction of sp³-hybridized carbons (Fsp3) is 0.429. The minimum absolute atomic E-state index is 0.0156. The molecule has 1 saturated heterocycles. The Hall–Kier alpha value is -1.92. The number of fused-ring (bicyclic) bond motifs is 1. The van der Waals surface area contributed by atoms with E-state index >= 15 is 0 Å². The summed E-state index contributed by atoms with van der Waals surface area (Å²) in [5.74, 6) is -0.948. The first-order valence-corrected chi connectivity index (χ1v) is 6.55. The smallest absolute Gasteiger partial charge is 0.299 e. The van der Waals surface area contributed by atoms with Crippen molar-refractivity contribution < 1.29 is 19.4 Å². The summed E-state index contributed by atoms with van der Waals surface area (Å²) in [5.41, 5.74) is 2.03. The van der Waals surface area contributed by atoms with Crippen LogP contribution in [0.1, 0.15) is 10.4 Å². The average molecular weight is 276 g/mol. The number of anilines is 2. The van der Waals surface area contributed by atoms with E-state index in [4.69, 9.17) is 4.74 Å². The van der Waals surface area contributed by atoms with E-state index in [9.17, 15) is 14.7 Å². The Morgan fingerprint density at radius 3 is 2.95 bits per heavy atom. The summed E-state index contributed by atoms with van der Waals surface area (Å²) in [4.78, 5) is 26.9. The molecular weight excluding hydrogens is 260 g/mol. The number of carbonyl (C=O) groups is 2. The number of hydrogen-bond donors (Lipinski definition) is 1. The summed E-state index contributed by atoms with van der Waals surface area (Å²) in [6.45, 7) is 1.86. The van der Waals surface area contributed by atoms with Gasteiger partial charge in [-0.2, -0.15) is 0 Å². The van der Waals surface area contributed by atoms with Crippen molar-refractivity contribution in [2.45, 2.75) is 6.10 Å². The molecule has 2 aliphatic heterocycles. The molecule has 0 saturated carbocycles. The largest absolute Gasteiger partial charge is 0.394 e. The lowest BCUT2D eigenvalue weighted by atomic mass is 10.1. The number of aliphatic hydroxyl groups excluding tert-OH is 1. The zero-order chi connectivity index (χ0) is 14.3. The van der Waals surface area contributed by atoms with Gasteiger partial charge in [-0.1, -0.05) is 0 Å². The van der Waals surface area contributed by atoms with E-state index in [2.05, 4.69) is 4.90 Å². The number of Topliss-reactive ketones (excluding diaryl/α,β-unsaturated/α-hetero) is 1.